The molecule has 6 heteroatoms. The largest absolute Gasteiger partial charge is 0.493 e. The van der Waals surface area contributed by atoms with Crippen molar-refractivity contribution in [1.29, 1.82) is 0 Å². The van der Waals surface area contributed by atoms with Gasteiger partial charge in [0.05, 0.1) is 7.11 Å². The number of nitrogens with two attached hydrogens (primary N) is 1. The van der Waals surface area contributed by atoms with Crippen molar-refractivity contribution in [1.82, 2.24) is 4.90 Å². The van der Waals surface area contributed by atoms with E-state index in [9.17, 15) is 8.78 Å². The molecular weight excluding hydrogens is 242 g/mol. The van der Waals surface area contributed by atoms with Crippen LogP contribution in [0.5, 0.6) is 11.5 Å². The lowest BCUT2D eigenvalue weighted by Crippen LogP contribution is -2.24. The van der Waals surface area contributed by atoms with Gasteiger partial charge in [-0.15, -0.1) is 0 Å². The number of benzene rings is 1. The highest BCUT2D eigenvalue weighted by Crippen LogP contribution is 2.29. The molecule has 1 aromatic carbocycles. The lowest BCUT2D eigenvalue weighted by atomic mass is 10.2. The zero-order valence-corrected chi connectivity index (χ0v) is 10.5. The van der Waals surface area contributed by atoms with Crippen LogP contribution in [0.25, 0.3) is 0 Å². The number of hydrogen-bond donors (Lipinski definition) is 1. The second-order valence-electron chi connectivity index (χ2n) is 3.89. The average molecular weight is 260 g/mol. The molecule has 1 aromatic rings. The minimum Gasteiger partial charge on any atom is -0.493 e. The molecule has 0 amide bonds. The van der Waals surface area contributed by atoms with E-state index in [1.807, 2.05) is 18.0 Å². The summed E-state index contributed by atoms with van der Waals surface area (Å²) in [7, 11) is 3.32. The molecule has 2 N–H and O–H groups in total. The number of alkyl halides is 2. The maximum absolute atomic E-state index is 12.2. The van der Waals surface area contributed by atoms with Crippen molar-refractivity contribution in [2.24, 2.45) is 5.73 Å². The molecule has 0 heterocycles. The Balaban J connectivity index is 2.81. The Kier molecular flexibility index (Phi) is 5.80. The van der Waals surface area contributed by atoms with Gasteiger partial charge in [-0.3, -0.25) is 0 Å². The Morgan fingerprint density at radius 2 is 2.06 bits per heavy atom. The van der Waals surface area contributed by atoms with Gasteiger partial charge < -0.3 is 20.1 Å². The first-order valence-electron chi connectivity index (χ1n) is 5.57. The van der Waals surface area contributed by atoms with Gasteiger partial charge in [0.25, 0.3) is 0 Å². The summed E-state index contributed by atoms with van der Waals surface area (Å²) in [6, 6.07) is 4.98. The molecule has 0 aromatic heterocycles. The molecule has 0 aliphatic rings. The van der Waals surface area contributed by atoms with Crippen LogP contribution in [0.4, 0.5) is 8.78 Å². The predicted molar refractivity (Wildman–Crippen MR) is 65.0 cm³/mol. The van der Waals surface area contributed by atoms with E-state index in [4.69, 9.17) is 10.5 Å². The second kappa shape index (κ2) is 7.13. The van der Waals surface area contributed by atoms with Gasteiger partial charge in [0, 0.05) is 19.6 Å². The maximum Gasteiger partial charge on any atom is 0.387 e. The maximum atomic E-state index is 12.2. The van der Waals surface area contributed by atoms with Gasteiger partial charge in [-0.05, 0) is 24.7 Å². The summed E-state index contributed by atoms with van der Waals surface area (Å²) >= 11 is 0. The molecule has 0 atom stereocenters. The van der Waals surface area contributed by atoms with Crippen LogP contribution in [0, 0.1) is 0 Å². The topological polar surface area (TPSA) is 47.7 Å². The molecule has 0 fully saturated rings. The Morgan fingerprint density at radius 1 is 1.33 bits per heavy atom. The molecule has 0 saturated carbocycles. The zero-order chi connectivity index (χ0) is 13.5. The van der Waals surface area contributed by atoms with Crippen LogP contribution in [-0.4, -0.2) is 38.8 Å². The average Bonchev–Trinajstić information content (AvgIpc) is 2.28. The second-order valence-corrected chi connectivity index (χ2v) is 3.89. The summed E-state index contributed by atoms with van der Waals surface area (Å²) in [6.45, 7) is -0.971. The molecule has 1 rings (SSSR count). The molecule has 0 radical (unpaired) electrons. The van der Waals surface area contributed by atoms with Gasteiger partial charge in [0.15, 0.2) is 11.5 Å². The number of ether oxygens (including phenoxy) is 2. The van der Waals surface area contributed by atoms with E-state index in [0.717, 1.165) is 12.1 Å². The number of methoxy groups -OCH3 is 1. The van der Waals surface area contributed by atoms with Gasteiger partial charge in [-0.2, -0.15) is 8.78 Å². The summed E-state index contributed by atoms with van der Waals surface area (Å²) in [6.07, 6.45) is 0. The molecule has 0 spiro atoms. The summed E-state index contributed by atoms with van der Waals surface area (Å²) < 4.78 is 33.9. The minimum atomic E-state index is -2.86. The van der Waals surface area contributed by atoms with Crippen molar-refractivity contribution in [2.75, 3.05) is 27.2 Å². The fourth-order valence-corrected chi connectivity index (χ4v) is 1.62. The fourth-order valence-electron chi connectivity index (χ4n) is 1.62. The highest BCUT2D eigenvalue weighted by molar-refractivity contribution is 5.42. The normalized spacial score (nSPS) is 11.1. The molecule has 0 aliphatic heterocycles. The third-order valence-corrected chi connectivity index (χ3v) is 2.41. The SMILES string of the molecule is COc1ccc(CN(C)CCN)cc1OC(F)F. The molecule has 0 bridgehead atoms. The smallest absolute Gasteiger partial charge is 0.387 e. The predicted octanol–water partition coefficient (Wildman–Crippen LogP) is 1.69. The van der Waals surface area contributed by atoms with Crippen molar-refractivity contribution in [2.45, 2.75) is 13.2 Å². The number of likely N-dealkylation sites (N-methyl/N-ethyl adjacent to an activating group) is 1. The van der Waals surface area contributed by atoms with E-state index < -0.39 is 6.61 Å². The highest BCUT2D eigenvalue weighted by Gasteiger charge is 2.11. The Hall–Kier alpha value is -1.40. The van der Waals surface area contributed by atoms with Crippen molar-refractivity contribution in [3.8, 4) is 11.5 Å². The first kappa shape index (κ1) is 14.7. The van der Waals surface area contributed by atoms with Gasteiger partial charge in [-0.1, -0.05) is 6.07 Å². The van der Waals surface area contributed by atoms with Gasteiger partial charge in [-0.25, -0.2) is 0 Å². The fraction of sp³-hybridized carbons (Fsp3) is 0.500. The van der Waals surface area contributed by atoms with Gasteiger partial charge >= 0.3 is 6.61 Å². The van der Waals surface area contributed by atoms with Crippen LogP contribution in [0.1, 0.15) is 5.56 Å². The van der Waals surface area contributed by atoms with Gasteiger partial charge in [0.2, 0.25) is 0 Å². The van der Waals surface area contributed by atoms with Crippen LogP contribution in [0.3, 0.4) is 0 Å². The molecule has 102 valence electrons. The van der Waals surface area contributed by atoms with Crippen LogP contribution >= 0.6 is 0 Å². The molecule has 4 nitrogen and oxygen atoms in total. The monoisotopic (exact) mass is 260 g/mol. The highest BCUT2D eigenvalue weighted by atomic mass is 19.3. The van der Waals surface area contributed by atoms with Crippen molar-refractivity contribution in [3.05, 3.63) is 23.8 Å². The summed E-state index contributed by atoms with van der Waals surface area (Å²) in [5.41, 5.74) is 6.30. The molecule has 18 heavy (non-hydrogen) atoms. The lowest BCUT2D eigenvalue weighted by molar-refractivity contribution is -0.0512. The summed E-state index contributed by atoms with van der Waals surface area (Å²) in [5, 5.41) is 0. The lowest BCUT2D eigenvalue weighted by Gasteiger charge is -2.17. The first-order chi connectivity index (χ1) is 8.56. The van der Waals surface area contributed by atoms with Crippen molar-refractivity contribution in [3.63, 3.8) is 0 Å². The summed E-state index contributed by atoms with van der Waals surface area (Å²) in [5.74, 6) is 0.340. The minimum absolute atomic E-state index is 0.0474. The molecule has 0 unspecified atom stereocenters. The van der Waals surface area contributed by atoms with E-state index in [1.54, 1.807) is 12.1 Å². The zero-order valence-electron chi connectivity index (χ0n) is 10.5. The standard InChI is InChI=1S/C12H18F2N2O2/c1-16(6-5-15)8-9-3-4-10(17-2)11(7-9)18-12(13)14/h3-4,7,12H,5-6,8,15H2,1-2H3. The molecule has 0 aliphatic carbocycles. The number of hydrogen-bond acceptors (Lipinski definition) is 4. The van der Waals surface area contributed by atoms with E-state index in [2.05, 4.69) is 4.74 Å². The Labute approximate surface area is 105 Å². The van der Waals surface area contributed by atoms with E-state index in [0.29, 0.717) is 18.8 Å². The van der Waals surface area contributed by atoms with Gasteiger partial charge in [0.1, 0.15) is 0 Å². The Bertz CT molecular complexity index is 375. The molecular formula is C12H18F2N2O2. The number of nitrogens with zero attached hydrogens (tertiary/aromatic N) is 1. The van der Waals surface area contributed by atoms with Crippen molar-refractivity contribution < 1.29 is 18.3 Å². The van der Waals surface area contributed by atoms with Crippen LogP contribution < -0.4 is 15.2 Å². The Morgan fingerprint density at radius 3 is 2.61 bits per heavy atom. The van der Waals surface area contributed by atoms with Crippen molar-refractivity contribution >= 4 is 0 Å². The van der Waals surface area contributed by atoms with E-state index in [-0.39, 0.29) is 5.75 Å². The molecule has 0 saturated heterocycles. The quantitative estimate of drug-likeness (QED) is 0.810. The van der Waals surface area contributed by atoms with E-state index >= 15 is 0 Å². The van der Waals surface area contributed by atoms with Crippen LogP contribution in [0.2, 0.25) is 0 Å². The summed E-state index contributed by atoms with van der Waals surface area (Å²) in [4.78, 5) is 1.99. The van der Waals surface area contributed by atoms with Crippen LogP contribution in [-0.2, 0) is 6.54 Å². The number of rotatable bonds is 7. The third kappa shape index (κ3) is 4.46. The third-order valence-electron chi connectivity index (χ3n) is 2.41. The van der Waals surface area contributed by atoms with E-state index in [1.165, 1.54) is 7.11 Å². The number of halogens is 2. The van der Waals surface area contributed by atoms with Crippen LogP contribution in [0.15, 0.2) is 18.2 Å². The first-order valence-corrected chi connectivity index (χ1v) is 5.57.